The zero-order valence-electron chi connectivity index (χ0n) is 17.2. The summed E-state index contributed by atoms with van der Waals surface area (Å²) in [6.45, 7) is 1.88. The van der Waals surface area contributed by atoms with Gasteiger partial charge in [0, 0.05) is 5.56 Å². The van der Waals surface area contributed by atoms with Crippen molar-refractivity contribution >= 4 is 11.9 Å². The molecule has 154 valence electrons. The standard InChI is InChI=1S/C22H26N2O5/c1-22(12-11-15-5-7-17(27-2)8-6-15)20(25)24(21(26)23-22)14-16-13-18(28-3)9-10-19(16)29-4/h5-10,13H,11-12,14H2,1-4H3,(H,23,26)/t22-/m1/s1. The highest BCUT2D eigenvalue weighted by Gasteiger charge is 2.47. The molecule has 7 nitrogen and oxygen atoms in total. The number of carbonyl (C=O) groups excluding carboxylic acids is 2. The van der Waals surface area contributed by atoms with Gasteiger partial charge in [-0.2, -0.15) is 0 Å². The van der Waals surface area contributed by atoms with Gasteiger partial charge in [0.25, 0.3) is 5.91 Å². The van der Waals surface area contributed by atoms with Gasteiger partial charge < -0.3 is 19.5 Å². The molecule has 0 bridgehead atoms. The number of amides is 3. The number of urea groups is 1. The second kappa shape index (κ2) is 8.43. The molecule has 1 N–H and O–H groups in total. The molecule has 7 heteroatoms. The summed E-state index contributed by atoms with van der Waals surface area (Å²) in [6.07, 6.45) is 1.15. The Morgan fingerprint density at radius 1 is 0.931 bits per heavy atom. The number of hydrogen-bond acceptors (Lipinski definition) is 5. The molecule has 2 aromatic rings. The topological polar surface area (TPSA) is 77.1 Å². The molecule has 3 rings (SSSR count). The number of imide groups is 1. The van der Waals surface area contributed by atoms with Gasteiger partial charge in [-0.15, -0.1) is 0 Å². The van der Waals surface area contributed by atoms with Gasteiger partial charge in [0.15, 0.2) is 0 Å². The summed E-state index contributed by atoms with van der Waals surface area (Å²) in [5.41, 5.74) is 0.820. The number of methoxy groups -OCH3 is 3. The lowest BCUT2D eigenvalue weighted by Gasteiger charge is -2.22. The first-order chi connectivity index (χ1) is 13.9. The Labute approximate surface area is 170 Å². The molecule has 0 unspecified atom stereocenters. The third kappa shape index (κ3) is 4.29. The Kier molecular flexibility index (Phi) is 5.96. The predicted molar refractivity (Wildman–Crippen MR) is 108 cm³/mol. The maximum atomic E-state index is 13.1. The molecular formula is C22H26N2O5. The van der Waals surface area contributed by atoms with E-state index >= 15 is 0 Å². The van der Waals surface area contributed by atoms with Crippen molar-refractivity contribution in [1.82, 2.24) is 10.2 Å². The van der Waals surface area contributed by atoms with Crippen molar-refractivity contribution < 1.29 is 23.8 Å². The second-order valence-electron chi connectivity index (χ2n) is 7.18. The van der Waals surface area contributed by atoms with Crippen LogP contribution >= 0.6 is 0 Å². The van der Waals surface area contributed by atoms with Gasteiger partial charge in [-0.1, -0.05) is 12.1 Å². The van der Waals surface area contributed by atoms with E-state index in [1.807, 2.05) is 24.3 Å². The maximum absolute atomic E-state index is 13.1. The van der Waals surface area contributed by atoms with Gasteiger partial charge in [-0.3, -0.25) is 9.69 Å². The first kappa shape index (κ1) is 20.5. The van der Waals surface area contributed by atoms with Gasteiger partial charge in [0.1, 0.15) is 22.8 Å². The molecule has 2 aromatic carbocycles. The van der Waals surface area contributed by atoms with Crippen LogP contribution in [0.5, 0.6) is 17.2 Å². The molecule has 0 saturated carbocycles. The van der Waals surface area contributed by atoms with Crippen LogP contribution in [-0.4, -0.2) is 43.7 Å². The minimum Gasteiger partial charge on any atom is -0.497 e. The summed E-state index contributed by atoms with van der Waals surface area (Å²) >= 11 is 0. The smallest absolute Gasteiger partial charge is 0.325 e. The zero-order valence-corrected chi connectivity index (χ0v) is 17.2. The average molecular weight is 398 g/mol. The second-order valence-corrected chi connectivity index (χ2v) is 7.18. The number of nitrogens with zero attached hydrogens (tertiary/aromatic N) is 1. The molecule has 1 aliphatic rings. The number of aryl methyl sites for hydroxylation is 1. The van der Waals surface area contributed by atoms with Crippen LogP contribution in [0.2, 0.25) is 0 Å². The molecule has 0 aliphatic carbocycles. The SMILES string of the molecule is COc1ccc(CC[C@@]2(C)NC(=O)N(Cc3cc(OC)ccc3OC)C2=O)cc1. The molecule has 0 aromatic heterocycles. The third-order valence-electron chi connectivity index (χ3n) is 5.23. The molecule has 1 fully saturated rings. The van der Waals surface area contributed by atoms with Crippen LogP contribution in [0.3, 0.4) is 0 Å². The van der Waals surface area contributed by atoms with Crippen molar-refractivity contribution in [3.63, 3.8) is 0 Å². The fourth-order valence-electron chi connectivity index (χ4n) is 3.42. The maximum Gasteiger partial charge on any atom is 0.325 e. The monoisotopic (exact) mass is 398 g/mol. The molecule has 0 radical (unpaired) electrons. The number of hydrogen-bond donors (Lipinski definition) is 1. The number of benzene rings is 2. The van der Waals surface area contributed by atoms with Crippen molar-refractivity contribution in [3.05, 3.63) is 53.6 Å². The van der Waals surface area contributed by atoms with Crippen LogP contribution in [0.15, 0.2) is 42.5 Å². The first-order valence-corrected chi connectivity index (χ1v) is 9.38. The van der Waals surface area contributed by atoms with Crippen molar-refractivity contribution in [2.75, 3.05) is 21.3 Å². The summed E-state index contributed by atoms with van der Waals surface area (Å²) in [7, 11) is 4.74. The van der Waals surface area contributed by atoms with Crippen LogP contribution in [0.25, 0.3) is 0 Å². The Balaban J connectivity index is 1.73. The van der Waals surface area contributed by atoms with Crippen LogP contribution in [0.1, 0.15) is 24.5 Å². The van der Waals surface area contributed by atoms with Gasteiger partial charge in [-0.05, 0) is 55.7 Å². The number of nitrogens with one attached hydrogen (secondary N) is 1. The quantitative estimate of drug-likeness (QED) is 0.691. The molecule has 1 heterocycles. The summed E-state index contributed by atoms with van der Waals surface area (Å²) < 4.78 is 15.8. The summed E-state index contributed by atoms with van der Waals surface area (Å²) in [6, 6.07) is 12.6. The van der Waals surface area contributed by atoms with E-state index < -0.39 is 11.6 Å². The summed E-state index contributed by atoms with van der Waals surface area (Å²) in [5, 5.41) is 2.85. The summed E-state index contributed by atoms with van der Waals surface area (Å²) in [4.78, 5) is 26.9. The van der Waals surface area contributed by atoms with Crippen LogP contribution < -0.4 is 19.5 Å². The van der Waals surface area contributed by atoms with Crippen LogP contribution in [0, 0.1) is 0 Å². The van der Waals surface area contributed by atoms with Gasteiger partial charge in [-0.25, -0.2) is 4.79 Å². The Bertz CT molecular complexity index is 897. The van der Waals surface area contributed by atoms with Crippen molar-refractivity contribution in [2.24, 2.45) is 0 Å². The zero-order chi connectivity index (χ0) is 21.0. The normalized spacial score (nSPS) is 18.6. The average Bonchev–Trinajstić information content (AvgIpc) is 2.95. The van der Waals surface area contributed by atoms with E-state index in [2.05, 4.69) is 5.32 Å². The highest BCUT2D eigenvalue weighted by Crippen LogP contribution is 2.29. The molecule has 29 heavy (non-hydrogen) atoms. The summed E-state index contributed by atoms with van der Waals surface area (Å²) in [5.74, 6) is 1.76. The Morgan fingerprint density at radius 3 is 2.21 bits per heavy atom. The molecule has 3 amide bonds. The minimum atomic E-state index is -0.955. The van der Waals surface area contributed by atoms with E-state index in [0.29, 0.717) is 29.9 Å². The molecule has 1 aliphatic heterocycles. The number of rotatable bonds is 8. The van der Waals surface area contributed by atoms with Gasteiger partial charge in [0.2, 0.25) is 0 Å². The van der Waals surface area contributed by atoms with Crippen LogP contribution in [-0.2, 0) is 17.8 Å². The van der Waals surface area contributed by atoms with Crippen molar-refractivity contribution in [2.45, 2.75) is 31.8 Å². The highest BCUT2D eigenvalue weighted by molar-refractivity contribution is 6.06. The molecular weight excluding hydrogens is 372 g/mol. The fourth-order valence-corrected chi connectivity index (χ4v) is 3.42. The first-order valence-electron chi connectivity index (χ1n) is 9.38. The van der Waals surface area contributed by atoms with Gasteiger partial charge >= 0.3 is 6.03 Å². The minimum absolute atomic E-state index is 0.114. The van der Waals surface area contributed by atoms with Gasteiger partial charge in [0.05, 0.1) is 27.9 Å². The lowest BCUT2D eigenvalue weighted by Crippen LogP contribution is -2.44. The Hall–Kier alpha value is -3.22. The number of carbonyl (C=O) groups is 2. The molecule has 0 spiro atoms. The lowest BCUT2D eigenvalue weighted by molar-refractivity contribution is -0.131. The largest absolute Gasteiger partial charge is 0.497 e. The van der Waals surface area contributed by atoms with E-state index in [0.717, 1.165) is 11.3 Å². The number of ether oxygens (including phenoxy) is 3. The third-order valence-corrected chi connectivity index (χ3v) is 5.23. The van der Waals surface area contributed by atoms with E-state index in [-0.39, 0.29) is 12.5 Å². The van der Waals surface area contributed by atoms with E-state index in [1.165, 1.54) is 4.90 Å². The fraction of sp³-hybridized carbons (Fsp3) is 0.364. The Morgan fingerprint density at radius 2 is 1.59 bits per heavy atom. The van der Waals surface area contributed by atoms with E-state index in [4.69, 9.17) is 14.2 Å². The predicted octanol–water partition coefficient (Wildman–Crippen LogP) is 3.16. The van der Waals surface area contributed by atoms with E-state index in [9.17, 15) is 9.59 Å². The molecule has 1 atom stereocenters. The van der Waals surface area contributed by atoms with Crippen LogP contribution in [0.4, 0.5) is 4.79 Å². The van der Waals surface area contributed by atoms with Crippen molar-refractivity contribution in [1.29, 1.82) is 0 Å². The van der Waals surface area contributed by atoms with E-state index in [1.54, 1.807) is 46.5 Å². The lowest BCUT2D eigenvalue weighted by atomic mass is 9.93. The highest BCUT2D eigenvalue weighted by atomic mass is 16.5. The van der Waals surface area contributed by atoms with Crippen molar-refractivity contribution in [3.8, 4) is 17.2 Å². The molecule has 1 saturated heterocycles.